The molecule has 0 spiro atoms. The number of rotatable bonds is 12. The van der Waals surface area contributed by atoms with E-state index in [0.29, 0.717) is 19.8 Å². The summed E-state index contributed by atoms with van der Waals surface area (Å²) in [4.78, 5) is -0.255. The molecule has 0 radical (unpaired) electrons. The molecule has 1 aliphatic heterocycles. The molecule has 6 heteroatoms. The Labute approximate surface area is 236 Å². The maximum absolute atomic E-state index is 11.3. The third kappa shape index (κ3) is 8.10. The molecular weight excluding hydrogens is 555 g/mol. The predicted molar refractivity (Wildman–Crippen MR) is 153 cm³/mol. The van der Waals surface area contributed by atoms with Crippen LogP contribution in [0.1, 0.15) is 16.7 Å². The van der Waals surface area contributed by atoms with Crippen LogP contribution in [0, 0.1) is 0 Å². The van der Waals surface area contributed by atoms with E-state index >= 15 is 0 Å². The van der Waals surface area contributed by atoms with E-state index in [9.17, 15) is 5.11 Å². The van der Waals surface area contributed by atoms with E-state index in [4.69, 9.17) is 18.9 Å². The van der Waals surface area contributed by atoms with Crippen LogP contribution in [0.2, 0.25) is 4.82 Å². The average Bonchev–Trinajstić information content (AvgIpc) is 2.99. The third-order valence-corrected chi connectivity index (χ3v) is 9.35. The van der Waals surface area contributed by atoms with Crippen LogP contribution in [0.4, 0.5) is 0 Å². The molecular formula is C33H34O5Se. The van der Waals surface area contributed by atoms with Crippen LogP contribution in [-0.4, -0.2) is 51.3 Å². The summed E-state index contributed by atoms with van der Waals surface area (Å²) in [6.45, 7) is 1.57. The topological polar surface area (TPSA) is 57.2 Å². The van der Waals surface area contributed by atoms with E-state index in [1.807, 2.05) is 109 Å². The Kier molecular flexibility index (Phi) is 10.4. The maximum atomic E-state index is 11.3. The van der Waals surface area contributed by atoms with Crippen molar-refractivity contribution in [3.8, 4) is 0 Å². The second-order valence-electron chi connectivity index (χ2n) is 9.48. The van der Waals surface area contributed by atoms with Gasteiger partial charge in [-0.1, -0.05) is 0 Å². The Balaban J connectivity index is 1.38. The van der Waals surface area contributed by atoms with Crippen LogP contribution < -0.4 is 4.46 Å². The summed E-state index contributed by atoms with van der Waals surface area (Å²) in [5.74, 6) is 0. The SMILES string of the molecule is O[C@H]1O[C@H](COCc2ccccc2)[C@H](OCc2ccccc2)[C@H](OCc2ccccc2)[C@H]1[Se]c1ccccc1. The molecule has 202 valence electrons. The zero-order chi connectivity index (χ0) is 26.7. The summed E-state index contributed by atoms with van der Waals surface area (Å²) in [5.41, 5.74) is 3.22. The van der Waals surface area contributed by atoms with Crippen LogP contribution in [0.3, 0.4) is 0 Å². The molecule has 1 aliphatic rings. The van der Waals surface area contributed by atoms with Crippen LogP contribution in [0.15, 0.2) is 121 Å². The van der Waals surface area contributed by atoms with Crippen molar-refractivity contribution < 1.29 is 24.1 Å². The van der Waals surface area contributed by atoms with Gasteiger partial charge in [0.2, 0.25) is 0 Å². The fourth-order valence-corrected chi connectivity index (χ4v) is 7.07. The molecule has 4 aromatic carbocycles. The minimum atomic E-state index is -0.993. The number of benzene rings is 4. The summed E-state index contributed by atoms with van der Waals surface area (Å²) in [7, 11) is 0. The standard InChI is InChI=1S/C33H34O5Se/c34-33-32(39-28-19-11-4-12-20-28)31(37-23-27-17-9-3-10-18-27)30(36-22-26-15-7-2-8-16-26)29(38-33)24-35-21-25-13-5-1-6-14-25/h1-20,29-34H,21-24H2/t29-,30+,31+,32-,33+/m1/s1. The predicted octanol–water partition coefficient (Wildman–Crippen LogP) is 4.91. The van der Waals surface area contributed by atoms with Gasteiger partial charge in [-0.25, -0.2) is 0 Å². The summed E-state index contributed by atoms with van der Waals surface area (Å²) < 4.78 is 26.7. The van der Waals surface area contributed by atoms with Gasteiger partial charge in [-0.05, 0) is 0 Å². The molecule has 0 unspecified atom stereocenters. The summed E-state index contributed by atoms with van der Waals surface area (Å²) >= 11 is -0.105. The molecule has 0 aromatic heterocycles. The van der Waals surface area contributed by atoms with Crippen molar-refractivity contribution in [1.82, 2.24) is 0 Å². The fraction of sp³-hybridized carbons (Fsp3) is 0.273. The molecule has 1 heterocycles. The number of ether oxygens (including phenoxy) is 4. The average molecular weight is 590 g/mol. The van der Waals surface area contributed by atoms with Gasteiger partial charge in [-0.3, -0.25) is 0 Å². The van der Waals surface area contributed by atoms with Gasteiger partial charge in [-0.2, -0.15) is 0 Å². The molecule has 5 atom stereocenters. The van der Waals surface area contributed by atoms with Crippen molar-refractivity contribution in [2.45, 2.75) is 49.2 Å². The quantitative estimate of drug-likeness (QED) is 0.238. The monoisotopic (exact) mass is 590 g/mol. The van der Waals surface area contributed by atoms with Crippen LogP contribution in [-0.2, 0) is 38.8 Å². The second kappa shape index (κ2) is 14.5. The Morgan fingerprint density at radius 2 is 1.05 bits per heavy atom. The van der Waals surface area contributed by atoms with E-state index < -0.39 is 18.5 Å². The summed E-state index contributed by atoms with van der Waals surface area (Å²) in [6.07, 6.45) is -2.30. The summed E-state index contributed by atoms with van der Waals surface area (Å²) in [6, 6.07) is 40.5. The first-order chi connectivity index (χ1) is 19.3. The number of hydrogen-bond donors (Lipinski definition) is 1. The normalized spacial score (nSPS) is 22.9. The third-order valence-electron chi connectivity index (χ3n) is 6.59. The van der Waals surface area contributed by atoms with Gasteiger partial charge in [0.15, 0.2) is 0 Å². The summed E-state index contributed by atoms with van der Waals surface area (Å²) in [5, 5.41) is 11.3. The number of aliphatic hydroxyl groups is 1. The van der Waals surface area contributed by atoms with E-state index in [1.165, 1.54) is 4.46 Å². The molecule has 5 rings (SSSR count). The van der Waals surface area contributed by atoms with Crippen molar-refractivity contribution in [3.63, 3.8) is 0 Å². The fourth-order valence-electron chi connectivity index (χ4n) is 4.60. The molecule has 0 amide bonds. The van der Waals surface area contributed by atoms with Crippen molar-refractivity contribution in [2.24, 2.45) is 0 Å². The Bertz CT molecular complexity index is 1230. The molecule has 5 nitrogen and oxygen atoms in total. The molecule has 1 saturated heterocycles. The Morgan fingerprint density at radius 1 is 0.590 bits per heavy atom. The van der Waals surface area contributed by atoms with Gasteiger partial charge in [0.05, 0.1) is 0 Å². The van der Waals surface area contributed by atoms with Gasteiger partial charge in [0, 0.05) is 0 Å². The second-order valence-corrected chi connectivity index (χ2v) is 12.1. The van der Waals surface area contributed by atoms with Gasteiger partial charge in [0.25, 0.3) is 0 Å². The van der Waals surface area contributed by atoms with Crippen molar-refractivity contribution in [3.05, 3.63) is 138 Å². The number of aliphatic hydroxyl groups excluding tert-OH is 1. The van der Waals surface area contributed by atoms with Crippen LogP contribution >= 0.6 is 0 Å². The first-order valence-corrected chi connectivity index (χ1v) is 15.1. The van der Waals surface area contributed by atoms with Crippen LogP contribution in [0.25, 0.3) is 0 Å². The first-order valence-electron chi connectivity index (χ1n) is 13.2. The Hall–Kier alpha value is -2.80. The molecule has 0 bridgehead atoms. The molecule has 4 aromatic rings. The van der Waals surface area contributed by atoms with Gasteiger partial charge < -0.3 is 0 Å². The molecule has 1 fully saturated rings. The van der Waals surface area contributed by atoms with E-state index in [1.54, 1.807) is 0 Å². The zero-order valence-corrected chi connectivity index (χ0v) is 23.5. The van der Waals surface area contributed by atoms with Crippen molar-refractivity contribution in [1.29, 1.82) is 0 Å². The van der Waals surface area contributed by atoms with Crippen molar-refractivity contribution in [2.75, 3.05) is 6.61 Å². The molecule has 39 heavy (non-hydrogen) atoms. The zero-order valence-electron chi connectivity index (χ0n) is 21.8. The molecule has 1 N–H and O–H groups in total. The first kappa shape index (κ1) is 27.8. The van der Waals surface area contributed by atoms with Gasteiger partial charge >= 0.3 is 237 Å². The molecule has 0 saturated carbocycles. The van der Waals surface area contributed by atoms with Gasteiger partial charge in [-0.15, -0.1) is 0 Å². The van der Waals surface area contributed by atoms with E-state index in [0.717, 1.165) is 16.7 Å². The number of hydrogen-bond acceptors (Lipinski definition) is 5. The van der Waals surface area contributed by atoms with E-state index in [-0.39, 0.29) is 32.5 Å². The van der Waals surface area contributed by atoms with E-state index in [2.05, 4.69) is 12.1 Å². The van der Waals surface area contributed by atoms with Crippen molar-refractivity contribution >= 4 is 19.4 Å². The van der Waals surface area contributed by atoms with Gasteiger partial charge in [0.1, 0.15) is 0 Å². The van der Waals surface area contributed by atoms with Crippen LogP contribution in [0.5, 0.6) is 0 Å². The Morgan fingerprint density at radius 3 is 1.59 bits per heavy atom. The molecule has 0 aliphatic carbocycles. The minimum absolute atomic E-state index is 0.105.